The maximum atomic E-state index is 14.4. The van der Waals surface area contributed by atoms with E-state index >= 15 is 0 Å². The molecule has 664 valence electrons. The Kier molecular flexibility index (Phi) is 32.7. The van der Waals surface area contributed by atoms with Crippen LogP contribution in [0.15, 0.2) is 206 Å². The number of halogens is 1. The number of nitrogens with zero attached hydrogens (tertiary/aromatic N) is 14. The van der Waals surface area contributed by atoms with Gasteiger partial charge in [-0.05, 0) is 274 Å². The molecule has 0 bridgehead atoms. The first-order chi connectivity index (χ1) is 59.2. The number of ether oxygens (including phenoxy) is 3. The minimum Gasteiger partial charge on any atom is -0.444 e. The Labute approximate surface area is 756 Å². The zero-order valence-corrected chi connectivity index (χ0v) is 77.7. The second-order valence-corrected chi connectivity index (χ2v) is 35.4. The van der Waals surface area contributed by atoms with Gasteiger partial charge in [-0.25, -0.2) is 34.3 Å². The average Bonchev–Trinajstić information content (AvgIpc) is 0.978. The minimum atomic E-state index is -1.02. The van der Waals surface area contributed by atoms with E-state index in [0.717, 1.165) is 97.4 Å². The molecule has 29 nitrogen and oxygen atoms in total. The molecule has 4 atom stereocenters. The van der Waals surface area contributed by atoms with Crippen molar-refractivity contribution in [1.82, 2.24) is 54.9 Å². The van der Waals surface area contributed by atoms with Crippen molar-refractivity contribution in [2.24, 2.45) is 10.3 Å². The summed E-state index contributed by atoms with van der Waals surface area (Å²) in [6, 6.07) is 40.2. The number of piperidine rings is 4. The quantitative estimate of drug-likeness (QED) is 0.0634. The molecule has 4 saturated heterocycles. The van der Waals surface area contributed by atoms with Gasteiger partial charge in [-0.15, -0.1) is 0 Å². The van der Waals surface area contributed by atoms with E-state index in [4.69, 9.17) is 35.5 Å². The van der Waals surface area contributed by atoms with Crippen molar-refractivity contribution in [2.45, 2.75) is 194 Å². The molecule has 4 fully saturated rings. The number of Topliss-reactive ketones (excluding diaryl/α,β-unsaturated/α-hetero) is 2. The Morgan fingerprint density at radius 2 is 0.802 bits per heavy atom. The van der Waals surface area contributed by atoms with Crippen LogP contribution in [0.25, 0.3) is 33.4 Å². The predicted molar refractivity (Wildman–Crippen MR) is 484 cm³/mol. The van der Waals surface area contributed by atoms with Crippen molar-refractivity contribution < 1.29 is 78.5 Å². The molecule has 0 saturated carbocycles. The zero-order chi connectivity index (χ0) is 88.5. The molecule has 7 aromatic heterocycles. The van der Waals surface area contributed by atoms with Crippen molar-refractivity contribution in [3.63, 3.8) is 0 Å². The molecular weight excluding hydrogens is 1790 g/mol. The Balaban J connectivity index is 0.000000180. The van der Waals surface area contributed by atoms with Gasteiger partial charge in [0.15, 0.2) is 22.6 Å². The summed E-state index contributed by atoms with van der Waals surface area (Å²) in [5, 5.41) is 18.8. The van der Waals surface area contributed by atoms with Crippen LogP contribution in [-0.4, -0.2) is 207 Å². The molecule has 31 heteroatoms. The van der Waals surface area contributed by atoms with Crippen LogP contribution in [0.1, 0.15) is 173 Å². The van der Waals surface area contributed by atoms with Crippen molar-refractivity contribution in [3.05, 3.63) is 230 Å². The van der Waals surface area contributed by atoms with E-state index in [0.29, 0.717) is 90.3 Å². The molecule has 6 aliphatic heterocycles. The molecule has 2 aromatic carbocycles. The van der Waals surface area contributed by atoms with Gasteiger partial charge in [-0.1, -0.05) is 46.2 Å². The molecule has 13 heterocycles. The van der Waals surface area contributed by atoms with Crippen molar-refractivity contribution >= 4 is 88.0 Å². The third-order valence-electron chi connectivity index (χ3n) is 20.9. The molecule has 3 N–H and O–H groups in total. The topological polar surface area (TPSA) is 333 Å². The fourth-order valence-electron chi connectivity index (χ4n) is 14.9. The van der Waals surface area contributed by atoms with E-state index in [-0.39, 0.29) is 99.6 Å². The van der Waals surface area contributed by atoms with Crippen LogP contribution in [0, 0.1) is 7.43 Å². The van der Waals surface area contributed by atoms with Crippen LogP contribution >= 0.6 is 11.6 Å². The Hall–Kier alpha value is -11.9. The van der Waals surface area contributed by atoms with Gasteiger partial charge < -0.3 is 62.0 Å². The van der Waals surface area contributed by atoms with Crippen molar-refractivity contribution in [2.75, 3.05) is 72.8 Å². The van der Waals surface area contributed by atoms with Gasteiger partial charge in [0.1, 0.15) is 40.1 Å². The first kappa shape index (κ1) is 96.3. The summed E-state index contributed by atoms with van der Waals surface area (Å²) in [6.45, 7) is 28.6. The van der Waals surface area contributed by atoms with Crippen LogP contribution in [0.5, 0.6) is 0 Å². The third-order valence-corrected chi connectivity index (χ3v) is 21.3. The third kappa shape index (κ3) is 25.4. The average molecular weight is 1900 g/mol. The SMILES string of the molecule is CC(C)(C)OC(=O)N1CCC[C@@H](N(C(=O)c2ccc(C3=NOC(C)(C)C3=O)cc2)c2ncccc2-c2ccncc2)C1.CC(C)(C)OC(=O)N1CCC[C@@H](Nc2ncccc2-c2ccncc2)C1.CC(C)(C)OC(=O)N1CCC[C@@H](Nc2ncccc2Cl)C1.CC1(C)ON=C(c2ccc(C(=O)N(c3ncccc3-c3ccncc3)[C@@H]3CCCNC3)cc2)C1=O.[CH3-].[W]. The number of hydrogen-bond acceptors (Lipinski definition) is 24. The van der Waals surface area contributed by atoms with E-state index in [1.807, 2.05) is 135 Å². The maximum absolute atomic E-state index is 14.4. The van der Waals surface area contributed by atoms with Crippen LogP contribution < -0.4 is 25.8 Å². The number of likely N-dealkylation sites (tertiary alicyclic amines) is 3. The smallest absolute Gasteiger partial charge is 0.410 e. The molecule has 15 rings (SSSR count). The van der Waals surface area contributed by atoms with Gasteiger partial charge in [-0.2, -0.15) is 0 Å². The monoisotopic (exact) mass is 1900 g/mol. The number of pyridine rings is 7. The Morgan fingerprint density at radius 3 is 1.19 bits per heavy atom. The molecular formula is C95H113ClN17O12W-. The van der Waals surface area contributed by atoms with E-state index < -0.39 is 34.1 Å². The maximum Gasteiger partial charge on any atom is 0.410 e. The number of amides is 5. The summed E-state index contributed by atoms with van der Waals surface area (Å²) in [5.41, 5.74) is 4.56. The summed E-state index contributed by atoms with van der Waals surface area (Å²) in [6.07, 6.45) is 23.4. The summed E-state index contributed by atoms with van der Waals surface area (Å²) in [7, 11) is 0. The van der Waals surface area contributed by atoms with E-state index in [1.165, 1.54) is 0 Å². The number of hydrogen-bond donors (Lipinski definition) is 3. The molecule has 0 radical (unpaired) electrons. The Morgan fingerprint density at radius 1 is 0.444 bits per heavy atom. The van der Waals surface area contributed by atoms with Crippen molar-refractivity contribution in [3.8, 4) is 33.4 Å². The molecule has 9 aromatic rings. The summed E-state index contributed by atoms with van der Waals surface area (Å²) in [5.74, 6) is 1.78. The number of ketones is 2. The standard InChI is InChI=1S/C32H35N5O5.C27H27N5O3.C20H26N4O2.C15H22ClN3O2.CH3.W/c1-31(2,3)41-30(40)36-19-7-8-24(20-36)37(28-25(9-6-16-34-28)21-14-17-33-18-15-21)29(39)23-12-10-22(11-13-23)26-27(38)32(4,5)42-35-26;1-27(2)24(33)23(31-35-27)19-7-9-20(10-8-19)26(34)32(21-5-3-13-29-17-21)25-22(6-4-14-30-25)18-11-15-28-16-12-18;1-20(2,3)26-19(25)24-13-5-6-16(14-24)23-18-17(7-4-10-22-18)15-8-11-21-12-9-15;1-15(2,3)21-14(20)19-9-5-6-11(10-19)18-13-12(16)7-4-8-17-13;;/h6,9-18,24H,7-8,19-20H2,1-5H3;4,6-12,14-16,21,29H,3,5,13,17H2,1-2H3;4,7-12,16H,5-6,13-14H2,1-3H3,(H,22,23);4,7-8,11H,5-6,9-10H2,1-3H3,(H,17,18);1H3;/q;;;;-1;/t24-;21-;16-;11-;;/m1111../s1. The van der Waals surface area contributed by atoms with Gasteiger partial charge in [0.25, 0.3) is 11.8 Å². The molecule has 0 spiro atoms. The molecule has 126 heavy (non-hydrogen) atoms. The number of anilines is 4. The summed E-state index contributed by atoms with van der Waals surface area (Å²) < 4.78 is 16.6. The fourth-order valence-corrected chi connectivity index (χ4v) is 15.0. The number of carbonyl (C=O) groups is 7. The first-order valence-corrected chi connectivity index (χ1v) is 42.4. The number of nitrogens with one attached hydrogen (secondary N) is 3. The fraction of sp³-hybridized carbons (Fsp3) is 0.400. The number of rotatable bonds is 15. The van der Waals surface area contributed by atoms with E-state index in [2.05, 4.69) is 61.1 Å². The second-order valence-electron chi connectivity index (χ2n) is 35.0. The van der Waals surface area contributed by atoms with Gasteiger partial charge in [0.2, 0.25) is 11.6 Å². The number of carbonyl (C=O) groups excluding carboxylic acids is 7. The van der Waals surface area contributed by atoms with Crippen LogP contribution in [0.3, 0.4) is 0 Å². The molecule has 5 amide bonds. The van der Waals surface area contributed by atoms with Crippen LogP contribution in [0.4, 0.5) is 37.7 Å². The van der Waals surface area contributed by atoms with Gasteiger partial charge >= 0.3 is 18.3 Å². The first-order valence-electron chi connectivity index (χ1n) is 42.0. The zero-order valence-electron chi connectivity index (χ0n) is 74.0. The minimum absolute atomic E-state index is 0. The van der Waals surface area contributed by atoms with Crippen LogP contribution in [0.2, 0.25) is 5.02 Å². The largest absolute Gasteiger partial charge is 0.444 e. The van der Waals surface area contributed by atoms with E-state index in [9.17, 15) is 33.6 Å². The molecule has 6 aliphatic rings. The van der Waals surface area contributed by atoms with Crippen molar-refractivity contribution in [1.29, 1.82) is 0 Å². The van der Waals surface area contributed by atoms with Gasteiger partial charge in [-0.3, -0.25) is 43.9 Å². The number of benzene rings is 2. The second kappa shape index (κ2) is 42.8. The summed E-state index contributed by atoms with van der Waals surface area (Å²) >= 11 is 6.10. The normalized spacial score (nSPS) is 18.2. The number of aromatic nitrogens is 7. The molecule has 0 unspecified atom stereocenters. The van der Waals surface area contributed by atoms with E-state index in [1.54, 1.807) is 175 Å². The van der Waals surface area contributed by atoms with Gasteiger partial charge in [0.05, 0.1) is 17.1 Å². The molecule has 0 aliphatic carbocycles. The summed E-state index contributed by atoms with van der Waals surface area (Å²) in [4.78, 5) is 141. The number of oxime groups is 2. The predicted octanol–water partition coefficient (Wildman–Crippen LogP) is 16.8. The van der Waals surface area contributed by atoms with Gasteiger partial charge in [0, 0.05) is 180 Å². The van der Waals surface area contributed by atoms with Crippen LogP contribution in [-0.2, 0) is 54.5 Å². The Bertz CT molecular complexity index is 5280.